The average Bonchev–Trinajstić information content (AvgIpc) is 3.32. The lowest BCUT2D eigenvalue weighted by atomic mass is 9.98. The number of benzene rings is 2. The number of halogens is 1. The second-order valence-electron chi connectivity index (χ2n) is 9.19. The third-order valence-corrected chi connectivity index (χ3v) is 7.68. The van der Waals surface area contributed by atoms with E-state index in [4.69, 9.17) is 9.97 Å². The minimum Gasteiger partial charge on any atom is -0.327 e. The minimum absolute atomic E-state index is 0.213. The van der Waals surface area contributed by atoms with Gasteiger partial charge in [0, 0.05) is 34.2 Å². The number of thiazole rings is 1. The molecule has 0 unspecified atom stereocenters. The van der Waals surface area contributed by atoms with Gasteiger partial charge in [0.15, 0.2) is 5.82 Å². The van der Waals surface area contributed by atoms with Crippen LogP contribution in [-0.4, -0.2) is 27.0 Å². The van der Waals surface area contributed by atoms with E-state index < -0.39 is 0 Å². The van der Waals surface area contributed by atoms with Crippen LogP contribution in [0.4, 0.5) is 21.7 Å². The fraction of sp³-hybridized carbons (Fsp3) is 0.259. The predicted molar refractivity (Wildman–Crippen MR) is 149 cm³/mol. The maximum atomic E-state index is 15.6. The molecule has 0 spiro atoms. The first-order valence-electron chi connectivity index (χ1n) is 11.6. The van der Waals surface area contributed by atoms with E-state index in [0.29, 0.717) is 34.2 Å². The monoisotopic (exact) mass is 521 g/mol. The van der Waals surface area contributed by atoms with Gasteiger partial charge >= 0.3 is 0 Å². The zero-order valence-electron chi connectivity index (χ0n) is 20.6. The van der Waals surface area contributed by atoms with Crippen molar-refractivity contribution in [1.29, 1.82) is 0 Å². The van der Waals surface area contributed by atoms with Crippen molar-refractivity contribution in [3.05, 3.63) is 71.1 Å². The summed E-state index contributed by atoms with van der Waals surface area (Å²) in [6, 6.07) is 14.2. The molecule has 6 nitrogen and oxygen atoms in total. The van der Waals surface area contributed by atoms with Crippen molar-refractivity contribution < 1.29 is 9.18 Å². The normalized spacial score (nSPS) is 11.4. The van der Waals surface area contributed by atoms with Gasteiger partial charge in [0.05, 0.1) is 27.0 Å². The van der Waals surface area contributed by atoms with Gasteiger partial charge in [-0.25, -0.2) is 19.3 Å². The molecule has 0 aliphatic rings. The van der Waals surface area contributed by atoms with Crippen molar-refractivity contribution in [2.45, 2.75) is 39.5 Å². The SMILES string of the molecule is CCCSNc1cccc(-c2nc(C(C)(C)C)sc2-c2ccnc(Nc3ccc(C=O)cc3)n2)c1F. The quantitative estimate of drug-likeness (QED) is 0.132. The fourth-order valence-corrected chi connectivity index (χ4v) is 5.07. The zero-order chi connectivity index (χ0) is 25.7. The Labute approximate surface area is 219 Å². The maximum Gasteiger partial charge on any atom is 0.227 e. The summed E-state index contributed by atoms with van der Waals surface area (Å²) in [7, 11) is 0. The lowest BCUT2D eigenvalue weighted by Crippen LogP contribution is -2.10. The van der Waals surface area contributed by atoms with Crippen LogP contribution < -0.4 is 10.0 Å². The first kappa shape index (κ1) is 25.8. The number of nitrogens with one attached hydrogen (secondary N) is 2. The lowest BCUT2D eigenvalue weighted by Gasteiger charge is -2.13. The highest BCUT2D eigenvalue weighted by atomic mass is 32.2. The number of aldehydes is 1. The Bertz CT molecular complexity index is 1350. The Kier molecular flexibility index (Phi) is 8.01. The first-order valence-corrected chi connectivity index (χ1v) is 13.4. The Hall–Kier alpha value is -3.30. The number of anilines is 3. The number of hydrogen-bond acceptors (Lipinski definition) is 8. The van der Waals surface area contributed by atoms with Gasteiger partial charge in [-0.3, -0.25) is 4.79 Å². The van der Waals surface area contributed by atoms with Crippen molar-refractivity contribution in [2.75, 3.05) is 15.8 Å². The molecule has 2 N–H and O–H groups in total. The maximum absolute atomic E-state index is 15.6. The fourth-order valence-electron chi connectivity index (χ4n) is 3.34. The Balaban J connectivity index is 1.75. The van der Waals surface area contributed by atoms with E-state index in [0.717, 1.165) is 34.0 Å². The van der Waals surface area contributed by atoms with Gasteiger partial charge in [-0.05, 0) is 48.9 Å². The molecule has 9 heteroatoms. The molecule has 0 saturated carbocycles. The second-order valence-corrected chi connectivity index (χ2v) is 11.1. The minimum atomic E-state index is -0.337. The standard InChI is InChI=1S/C27H28FN5OS2/c1-5-15-35-33-20-8-6-7-19(22(20)28)23-24(36-25(32-23)27(2,3)4)21-13-14-29-26(31-21)30-18-11-9-17(16-34)10-12-18/h6-14,16,33H,5,15H2,1-4H3,(H,29,30,31). The van der Waals surface area contributed by atoms with Crippen molar-refractivity contribution in [1.82, 2.24) is 15.0 Å². The average molecular weight is 522 g/mol. The highest BCUT2D eigenvalue weighted by Crippen LogP contribution is 2.42. The third kappa shape index (κ3) is 5.91. The Morgan fingerprint density at radius 3 is 2.56 bits per heavy atom. The summed E-state index contributed by atoms with van der Waals surface area (Å²) in [4.78, 5) is 25.6. The van der Waals surface area contributed by atoms with Crippen LogP contribution in [0.1, 0.15) is 49.5 Å². The molecule has 0 fully saturated rings. The van der Waals surface area contributed by atoms with Crippen LogP contribution in [0.25, 0.3) is 21.8 Å². The second kappa shape index (κ2) is 11.2. The van der Waals surface area contributed by atoms with Crippen molar-refractivity contribution in [3.63, 3.8) is 0 Å². The van der Waals surface area contributed by atoms with Crippen molar-refractivity contribution in [3.8, 4) is 21.8 Å². The summed E-state index contributed by atoms with van der Waals surface area (Å²) in [5.74, 6) is 0.944. The van der Waals surface area contributed by atoms with Gasteiger partial charge in [-0.1, -0.05) is 45.7 Å². The molecule has 0 atom stereocenters. The topological polar surface area (TPSA) is 79.8 Å². The van der Waals surface area contributed by atoms with Crippen LogP contribution in [0, 0.1) is 5.82 Å². The molecule has 36 heavy (non-hydrogen) atoms. The van der Waals surface area contributed by atoms with E-state index in [9.17, 15) is 4.79 Å². The van der Waals surface area contributed by atoms with E-state index in [1.54, 1.807) is 48.7 Å². The van der Waals surface area contributed by atoms with Gasteiger partial charge < -0.3 is 10.0 Å². The predicted octanol–water partition coefficient (Wildman–Crippen LogP) is 7.73. The summed E-state index contributed by atoms with van der Waals surface area (Å²) < 4.78 is 18.8. The van der Waals surface area contributed by atoms with Crippen molar-refractivity contribution in [2.24, 2.45) is 0 Å². The summed E-state index contributed by atoms with van der Waals surface area (Å²) in [6.45, 7) is 8.35. The number of carbonyl (C=O) groups is 1. The van der Waals surface area contributed by atoms with Gasteiger partial charge in [0.2, 0.25) is 5.95 Å². The third-order valence-electron chi connectivity index (χ3n) is 5.20. The number of hydrogen-bond donors (Lipinski definition) is 2. The highest BCUT2D eigenvalue weighted by Gasteiger charge is 2.26. The van der Waals surface area contributed by atoms with Crippen LogP contribution >= 0.6 is 23.3 Å². The van der Waals surface area contributed by atoms with E-state index in [1.165, 1.54) is 23.3 Å². The number of rotatable bonds is 9. The summed E-state index contributed by atoms with van der Waals surface area (Å²) >= 11 is 2.99. The Morgan fingerprint density at radius 2 is 1.86 bits per heavy atom. The molecule has 0 radical (unpaired) electrons. The Morgan fingerprint density at radius 1 is 1.08 bits per heavy atom. The van der Waals surface area contributed by atoms with Crippen LogP contribution in [-0.2, 0) is 5.41 Å². The molecule has 4 rings (SSSR count). The molecule has 2 heterocycles. The summed E-state index contributed by atoms with van der Waals surface area (Å²) in [5.41, 5.74) is 3.21. The number of nitrogens with zero attached hydrogens (tertiary/aromatic N) is 3. The summed E-state index contributed by atoms with van der Waals surface area (Å²) in [6.07, 6.45) is 3.46. The summed E-state index contributed by atoms with van der Waals surface area (Å²) in [5, 5.41) is 4.06. The smallest absolute Gasteiger partial charge is 0.227 e. The van der Waals surface area contributed by atoms with Crippen LogP contribution in [0.15, 0.2) is 54.7 Å². The number of aromatic nitrogens is 3. The van der Waals surface area contributed by atoms with Crippen LogP contribution in [0.5, 0.6) is 0 Å². The molecule has 0 aliphatic heterocycles. The number of carbonyl (C=O) groups excluding carboxylic acids is 1. The van der Waals surface area contributed by atoms with E-state index in [1.807, 2.05) is 6.07 Å². The molecule has 2 aromatic heterocycles. The van der Waals surface area contributed by atoms with E-state index in [2.05, 4.69) is 42.7 Å². The van der Waals surface area contributed by atoms with Crippen molar-refractivity contribution >= 4 is 46.9 Å². The first-order chi connectivity index (χ1) is 17.3. The molecule has 0 aliphatic carbocycles. The van der Waals surface area contributed by atoms with Gasteiger partial charge in [0.1, 0.15) is 6.29 Å². The molecular formula is C27H28FN5OS2. The molecule has 4 aromatic rings. The van der Waals surface area contributed by atoms with E-state index >= 15 is 4.39 Å². The molecule has 0 amide bonds. The van der Waals surface area contributed by atoms with Gasteiger partial charge in [-0.15, -0.1) is 11.3 Å². The highest BCUT2D eigenvalue weighted by molar-refractivity contribution is 8.00. The molecule has 186 valence electrons. The molecular weight excluding hydrogens is 493 g/mol. The largest absolute Gasteiger partial charge is 0.327 e. The van der Waals surface area contributed by atoms with Crippen LogP contribution in [0.2, 0.25) is 0 Å². The molecule has 0 saturated heterocycles. The van der Waals surface area contributed by atoms with Gasteiger partial charge in [-0.2, -0.15) is 0 Å². The lowest BCUT2D eigenvalue weighted by molar-refractivity contribution is 0.112. The van der Waals surface area contributed by atoms with Gasteiger partial charge in [0.25, 0.3) is 0 Å². The van der Waals surface area contributed by atoms with E-state index in [-0.39, 0.29) is 11.2 Å². The molecule has 2 aromatic carbocycles. The molecule has 0 bridgehead atoms. The zero-order valence-corrected chi connectivity index (χ0v) is 22.3. The van der Waals surface area contributed by atoms with Crippen LogP contribution in [0.3, 0.4) is 0 Å².